The molecule has 0 aromatic carbocycles. The molecule has 5 heteroatoms. The summed E-state index contributed by atoms with van der Waals surface area (Å²) in [6, 6.07) is 2.55. The standard InChI is InChI=1S/C11H17N5/c1-2-9(1)10-7-16(6-5-13-10)15-11-3-4-12-8-14-11/h3-4,8-10,13H,1-2,5-7H2,(H,12,14,15). The van der Waals surface area contributed by atoms with E-state index in [1.165, 1.54) is 12.8 Å². The number of hydrogen-bond donors (Lipinski definition) is 2. The van der Waals surface area contributed by atoms with E-state index in [-0.39, 0.29) is 0 Å². The minimum atomic E-state index is 0.656. The van der Waals surface area contributed by atoms with Crippen molar-refractivity contribution in [1.29, 1.82) is 0 Å². The van der Waals surface area contributed by atoms with E-state index >= 15 is 0 Å². The molecular weight excluding hydrogens is 202 g/mol. The van der Waals surface area contributed by atoms with Crippen molar-refractivity contribution in [2.75, 3.05) is 25.1 Å². The maximum Gasteiger partial charge on any atom is 0.143 e. The first-order chi connectivity index (χ1) is 7.92. The first kappa shape index (κ1) is 9.99. The second-order valence-electron chi connectivity index (χ2n) is 4.55. The summed E-state index contributed by atoms with van der Waals surface area (Å²) in [6.45, 7) is 3.14. The zero-order valence-corrected chi connectivity index (χ0v) is 9.26. The summed E-state index contributed by atoms with van der Waals surface area (Å²) in [5.74, 6) is 1.78. The summed E-state index contributed by atoms with van der Waals surface area (Å²) in [5, 5.41) is 5.83. The first-order valence-electron chi connectivity index (χ1n) is 5.93. The van der Waals surface area contributed by atoms with Gasteiger partial charge in [0.15, 0.2) is 0 Å². The molecule has 0 spiro atoms. The highest BCUT2D eigenvalue weighted by Gasteiger charge is 2.33. The van der Waals surface area contributed by atoms with E-state index in [0.29, 0.717) is 6.04 Å². The lowest BCUT2D eigenvalue weighted by Gasteiger charge is -2.34. The summed E-state index contributed by atoms with van der Waals surface area (Å²) in [4.78, 5) is 8.08. The largest absolute Gasteiger partial charge is 0.311 e. The van der Waals surface area contributed by atoms with Crippen LogP contribution in [0.1, 0.15) is 12.8 Å². The highest BCUT2D eigenvalue weighted by molar-refractivity contribution is 5.30. The van der Waals surface area contributed by atoms with Crippen LogP contribution in [0.25, 0.3) is 0 Å². The quantitative estimate of drug-likeness (QED) is 0.775. The molecular formula is C11H17N5. The van der Waals surface area contributed by atoms with Crippen LogP contribution in [0.4, 0.5) is 5.82 Å². The molecule has 1 aliphatic heterocycles. The van der Waals surface area contributed by atoms with Gasteiger partial charge in [-0.3, -0.25) is 0 Å². The SMILES string of the molecule is c1cc(NN2CCNC(C3CC3)C2)ncn1. The molecule has 86 valence electrons. The van der Waals surface area contributed by atoms with Crippen LogP contribution < -0.4 is 10.7 Å². The van der Waals surface area contributed by atoms with Gasteiger partial charge in [0.05, 0.1) is 0 Å². The number of anilines is 1. The van der Waals surface area contributed by atoms with E-state index in [0.717, 1.165) is 31.4 Å². The van der Waals surface area contributed by atoms with Gasteiger partial charge in [0, 0.05) is 37.9 Å². The van der Waals surface area contributed by atoms with Crippen LogP contribution in [0, 0.1) is 5.92 Å². The molecule has 5 nitrogen and oxygen atoms in total. The molecule has 1 saturated heterocycles. The smallest absolute Gasteiger partial charge is 0.143 e. The molecule has 1 aromatic rings. The van der Waals surface area contributed by atoms with Crippen molar-refractivity contribution in [2.45, 2.75) is 18.9 Å². The number of nitrogens with one attached hydrogen (secondary N) is 2. The molecule has 1 aromatic heterocycles. The fraction of sp³-hybridized carbons (Fsp3) is 0.636. The normalized spacial score (nSPS) is 26.6. The van der Waals surface area contributed by atoms with Gasteiger partial charge in [0.25, 0.3) is 0 Å². The predicted molar refractivity (Wildman–Crippen MR) is 61.7 cm³/mol. The zero-order chi connectivity index (χ0) is 10.8. The van der Waals surface area contributed by atoms with Crippen molar-refractivity contribution in [3.8, 4) is 0 Å². The van der Waals surface area contributed by atoms with E-state index in [2.05, 4.69) is 25.7 Å². The van der Waals surface area contributed by atoms with Crippen LogP contribution in [0.3, 0.4) is 0 Å². The molecule has 2 aliphatic rings. The van der Waals surface area contributed by atoms with Gasteiger partial charge < -0.3 is 10.7 Å². The Bertz CT molecular complexity index is 337. The van der Waals surface area contributed by atoms with Gasteiger partial charge in [-0.2, -0.15) is 0 Å². The van der Waals surface area contributed by atoms with Gasteiger partial charge in [0.1, 0.15) is 12.1 Å². The highest BCUT2D eigenvalue weighted by atomic mass is 15.5. The fourth-order valence-corrected chi connectivity index (χ4v) is 2.21. The number of nitrogens with zero attached hydrogens (tertiary/aromatic N) is 3. The van der Waals surface area contributed by atoms with Gasteiger partial charge >= 0.3 is 0 Å². The minimum Gasteiger partial charge on any atom is -0.311 e. The average molecular weight is 219 g/mol. The topological polar surface area (TPSA) is 53.1 Å². The van der Waals surface area contributed by atoms with Crippen molar-refractivity contribution in [1.82, 2.24) is 20.3 Å². The number of hydrogen-bond acceptors (Lipinski definition) is 5. The lowest BCUT2D eigenvalue weighted by molar-refractivity contribution is 0.221. The van der Waals surface area contributed by atoms with E-state index in [1.54, 1.807) is 12.5 Å². The molecule has 1 saturated carbocycles. The van der Waals surface area contributed by atoms with Gasteiger partial charge in [-0.05, 0) is 18.8 Å². The molecule has 2 heterocycles. The molecule has 0 amide bonds. The Hall–Kier alpha value is -1.20. The number of piperazine rings is 1. The van der Waals surface area contributed by atoms with Crippen LogP contribution >= 0.6 is 0 Å². The van der Waals surface area contributed by atoms with Gasteiger partial charge in [-0.1, -0.05) is 0 Å². The van der Waals surface area contributed by atoms with E-state index in [4.69, 9.17) is 0 Å². The van der Waals surface area contributed by atoms with Crippen LogP contribution in [0.5, 0.6) is 0 Å². The summed E-state index contributed by atoms with van der Waals surface area (Å²) in [7, 11) is 0. The number of hydrazine groups is 1. The molecule has 1 unspecified atom stereocenters. The molecule has 1 aliphatic carbocycles. The van der Waals surface area contributed by atoms with E-state index in [1.807, 2.05) is 6.07 Å². The third-order valence-corrected chi connectivity index (χ3v) is 3.25. The second kappa shape index (κ2) is 4.35. The van der Waals surface area contributed by atoms with Crippen molar-refractivity contribution >= 4 is 5.82 Å². The molecule has 2 N–H and O–H groups in total. The highest BCUT2D eigenvalue weighted by Crippen LogP contribution is 2.33. The van der Waals surface area contributed by atoms with Gasteiger partial charge in [-0.15, -0.1) is 0 Å². The van der Waals surface area contributed by atoms with Crippen molar-refractivity contribution < 1.29 is 0 Å². The van der Waals surface area contributed by atoms with Crippen molar-refractivity contribution in [3.63, 3.8) is 0 Å². The number of rotatable bonds is 3. The summed E-state index contributed by atoms with van der Waals surface area (Å²) in [5.41, 5.74) is 3.34. The Labute approximate surface area is 95.2 Å². The van der Waals surface area contributed by atoms with Crippen LogP contribution in [-0.4, -0.2) is 40.7 Å². The monoisotopic (exact) mass is 219 g/mol. The van der Waals surface area contributed by atoms with Gasteiger partial charge in [-0.25, -0.2) is 15.0 Å². The maximum atomic E-state index is 4.17. The molecule has 0 radical (unpaired) electrons. The van der Waals surface area contributed by atoms with E-state index in [9.17, 15) is 0 Å². The lowest BCUT2D eigenvalue weighted by Crippen LogP contribution is -2.53. The molecule has 3 rings (SSSR count). The Morgan fingerprint density at radius 2 is 2.38 bits per heavy atom. The predicted octanol–water partition coefficient (Wildman–Crippen LogP) is 0.487. The number of aromatic nitrogens is 2. The summed E-state index contributed by atoms with van der Waals surface area (Å²) < 4.78 is 0. The minimum absolute atomic E-state index is 0.656. The average Bonchev–Trinajstić information content (AvgIpc) is 3.15. The zero-order valence-electron chi connectivity index (χ0n) is 9.26. The fourth-order valence-electron chi connectivity index (χ4n) is 2.21. The van der Waals surface area contributed by atoms with Crippen LogP contribution in [0.15, 0.2) is 18.6 Å². The lowest BCUT2D eigenvalue weighted by atomic mass is 10.1. The Morgan fingerprint density at radius 3 is 3.12 bits per heavy atom. The molecule has 1 atom stereocenters. The third-order valence-electron chi connectivity index (χ3n) is 3.25. The van der Waals surface area contributed by atoms with Gasteiger partial charge in [0.2, 0.25) is 0 Å². The van der Waals surface area contributed by atoms with Crippen LogP contribution in [0.2, 0.25) is 0 Å². The third kappa shape index (κ3) is 2.31. The van der Waals surface area contributed by atoms with Crippen molar-refractivity contribution in [2.24, 2.45) is 5.92 Å². The molecule has 2 fully saturated rings. The summed E-state index contributed by atoms with van der Waals surface area (Å²) >= 11 is 0. The summed E-state index contributed by atoms with van der Waals surface area (Å²) in [6.07, 6.45) is 6.11. The Balaban J connectivity index is 1.58. The Kier molecular flexibility index (Phi) is 2.71. The van der Waals surface area contributed by atoms with Crippen LogP contribution in [-0.2, 0) is 0 Å². The molecule has 0 bridgehead atoms. The maximum absolute atomic E-state index is 4.17. The second-order valence-corrected chi connectivity index (χ2v) is 4.55. The van der Waals surface area contributed by atoms with Crippen molar-refractivity contribution in [3.05, 3.63) is 18.6 Å². The molecule has 16 heavy (non-hydrogen) atoms. The Morgan fingerprint density at radius 1 is 1.44 bits per heavy atom. The van der Waals surface area contributed by atoms with E-state index < -0.39 is 0 Å². The first-order valence-corrected chi connectivity index (χ1v) is 5.93.